The highest BCUT2D eigenvalue weighted by atomic mass is 32.1. The van der Waals surface area contributed by atoms with E-state index in [-0.39, 0.29) is 6.04 Å². The van der Waals surface area contributed by atoms with Gasteiger partial charge in [-0.25, -0.2) is 4.98 Å². The summed E-state index contributed by atoms with van der Waals surface area (Å²) >= 11 is 1.71. The normalized spacial score (nSPS) is 12.6. The molecule has 2 rings (SSSR count). The molecule has 0 aliphatic carbocycles. The zero-order valence-electron chi connectivity index (χ0n) is 10.3. The summed E-state index contributed by atoms with van der Waals surface area (Å²) in [6.07, 6.45) is 1.13. The number of nitrogens with one attached hydrogen (secondary N) is 1. The lowest BCUT2D eigenvalue weighted by molar-refractivity contribution is 0.588. The van der Waals surface area contributed by atoms with E-state index < -0.39 is 0 Å². The molecule has 0 radical (unpaired) electrons. The average molecular weight is 246 g/mol. The highest BCUT2D eigenvalue weighted by molar-refractivity contribution is 7.09. The van der Waals surface area contributed by atoms with Crippen LogP contribution >= 0.6 is 11.3 Å². The topological polar surface area (TPSA) is 24.9 Å². The first kappa shape index (κ1) is 12.3. The van der Waals surface area contributed by atoms with Gasteiger partial charge in [-0.15, -0.1) is 11.3 Å². The van der Waals surface area contributed by atoms with Gasteiger partial charge < -0.3 is 5.32 Å². The Balaban J connectivity index is 2.25. The number of aromatic nitrogens is 1. The molecule has 2 nitrogen and oxygen atoms in total. The van der Waals surface area contributed by atoms with Gasteiger partial charge in [0, 0.05) is 5.38 Å². The molecule has 1 heterocycles. The number of hydrogen-bond donors (Lipinski definition) is 1. The highest BCUT2D eigenvalue weighted by Crippen LogP contribution is 2.23. The molecular formula is C14H18N2S. The van der Waals surface area contributed by atoms with Crippen LogP contribution in [0.4, 0.5) is 0 Å². The minimum absolute atomic E-state index is 0.223. The number of hydrogen-bond acceptors (Lipinski definition) is 3. The van der Waals surface area contributed by atoms with Crippen LogP contribution < -0.4 is 5.32 Å². The summed E-state index contributed by atoms with van der Waals surface area (Å²) in [5.74, 6) is 0. The first-order valence-corrected chi connectivity index (χ1v) is 6.89. The summed E-state index contributed by atoms with van der Waals surface area (Å²) in [7, 11) is 0. The predicted octanol–water partition coefficient (Wildman–Crippen LogP) is 3.54. The van der Waals surface area contributed by atoms with E-state index in [0.717, 1.165) is 23.7 Å². The Morgan fingerprint density at radius 1 is 1.29 bits per heavy atom. The molecule has 1 unspecified atom stereocenters. The first-order chi connectivity index (χ1) is 8.31. The number of benzene rings is 1. The van der Waals surface area contributed by atoms with Crippen molar-refractivity contribution in [3.63, 3.8) is 0 Å². The van der Waals surface area contributed by atoms with Crippen molar-refractivity contribution in [2.45, 2.75) is 26.3 Å². The second kappa shape index (κ2) is 5.94. The molecule has 1 aromatic carbocycles. The summed E-state index contributed by atoms with van der Waals surface area (Å²) in [6.45, 7) is 5.24. The maximum absolute atomic E-state index is 4.60. The minimum Gasteiger partial charge on any atom is -0.305 e. The molecule has 0 saturated heterocycles. The predicted molar refractivity (Wildman–Crippen MR) is 73.4 cm³/mol. The third kappa shape index (κ3) is 3.14. The molecule has 17 heavy (non-hydrogen) atoms. The molecule has 1 atom stereocenters. The van der Waals surface area contributed by atoms with E-state index >= 15 is 0 Å². The fourth-order valence-electron chi connectivity index (χ4n) is 1.84. The fraction of sp³-hybridized carbons (Fsp3) is 0.357. The smallest absolute Gasteiger partial charge is 0.0898 e. The van der Waals surface area contributed by atoms with E-state index in [1.807, 2.05) is 6.07 Å². The molecule has 0 amide bonds. The molecule has 0 aliphatic rings. The Kier molecular flexibility index (Phi) is 4.29. The van der Waals surface area contributed by atoms with Gasteiger partial charge in [0.15, 0.2) is 0 Å². The quantitative estimate of drug-likeness (QED) is 0.873. The molecule has 1 aromatic heterocycles. The second-order valence-electron chi connectivity index (χ2n) is 4.09. The molecule has 2 aromatic rings. The third-order valence-corrected chi connectivity index (χ3v) is 3.46. The van der Waals surface area contributed by atoms with Crippen molar-refractivity contribution in [3.8, 4) is 0 Å². The summed E-state index contributed by atoms with van der Waals surface area (Å²) in [4.78, 5) is 4.60. The van der Waals surface area contributed by atoms with Gasteiger partial charge in [0.05, 0.1) is 16.7 Å². The molecule has 0 fully saturated rings. The molecule has 3 heteroatoms. The van der Waals surface area contributed by atoms with Gasteiger partial charge in [0.1, 0.15) is 0 Å². The van der Waals surface area contributed by atoms with Crippen molar-refractivity contribution in [1.82, 2.24) is 10.3 Å². The SMILES string of the molecule is CCCNC(c1ccccc1)c1csc(C)n1. The molecule has 1 N–H and O–H groups in total. The molecule has 0 bridgehead atoms. The maximum Gasteiger partial charge on any atom is 0.0898 e. The van der Waals surface area contributed by atoms with Gasteiger partial charge in [0.2, 0.25) is 0 Å². The average Bonchev–Trinajstić information content (AvgIpc) is 2.78. The van der Waals surface area contributed by atoms with Crippen LogP contribution in [-0.4, -0.2) is 11.5 Å². The summed E-state index contributed by atoms with van der Waals surface area (Å²) in [6, 6.07) is 10.7. The molecule has 0 saturated carbocycles. The van der Waals surface area contributed by atoms with Crippen molar-refractivity contribution < 1.29 is 0 Å². The van der Waals surface area contributed by atoms with E-state index in [1.54, 1.807) is 11.3 Å². The van der Waals surface area contributed by atoms with Crippen molar-refractivity contribution in [2.75, 3.05) is 6.54 Å². The lowest BCUT2D eigenvalue weighted by Crippen LogP contribution is -2.23. The van der Waals surface area contributed by atoms with Crippen molar-refractivity contribution in [1.29, 1.82) is 0 Å². The first-order valence-electron chi connectivity index (χ1n) is 6.01. The van der Waals surface area contributed by atoms with E-state index in [9.17, 15) is 0 Å². The van der Waals surface area contributed by atoms with Gasteiger partial charge in [-0.3, -0.25) is 0 Å². The Hall–Kier alpha value is -1.19. The van der Waals surface area contributed by atoms with Gasteiger partial charge in [-0.05, 0) is 25.5 Å². The Bertz CT molecular complexity index is 450. The van der Waals surface area contributed by atoms with Crippen LogP contribution in [0.1, 0.15) is 35.7 Å². The summed E-state index contributed by atoms with van der Waals surface area (Å²) in [5, 5.41) is 6.83. The molecule has 0 spiro atoms. The zero-order chi connectivity index (χ0) is 12.1. The van der Waals surface area contributed by atoms with Crippen LogP contribution in [0.15, 0.2) is 35.7 Å². The Labute approximate surface area is 107 Å². The number of rotatable bonds is 5. The van der Waals surface area contributed by atoms with Crippen LogP contribution in [0.3, 0.4) is 0 Å². The van der Waals surface area contributed by atoms with E-state index in [4.69, 9.17) is 0 Å². The Morgan fingerprint density at radius 2 is 2.06 bits per heavy atom. The van der Waals surface area contributed by atoms with Crippen molar-refractivity contribution in [2.24, 2.45) is 0 Å². The second-order valence-corrected chi connectivity index (χ2v) is 5.15. The largest absolute Gasteiger partial charge is 0.305 e. The lowest BCUT2D eigenvalue weighted by atomic mass is 10.0. The van der Waals surface area contributed by atoms with Gasteiger partial charge in [-0.1, -0.05) is 37.3 Å². The van der Waals surface area contributed by atoms with Crippen LogP contribution in [0.25, 0.3) is 0 Å². The van der Waals surface area contributed by atoms with E-state index in [0.29, 0.717) is 0 Å². The molecule has 90 valence electrons. The fourth-order valence-corrected chi connectivity index (χ4v) is 2.48. The van der Waals surface area contributed by atoms with E-state index in [1.165, 1.54) is 5.56 Å². The molecule has 0 aliphatic heterocycles. The highest BCUT2D eigenvalue weighted by Gasteiger charge is 2.15. The van der Waals surface area contributed by atoms with Gasteiger partial charge in [-0.2, -0.15) is 0 Å². The van der Waals surface area contributed by atoms with Crippen molar-refractivity contribution in [3.05, 3.63) is 52.0 Å². The van der Waals surface area contributed by atoms with Gasteiger partial charge >= 0.3 is 0 Å². The van der Waals surface area contributed by atoms with Crippen molar-refractivity contribution >= 4 is 11.3 Å². The Morgan fingerprint density at radius 3 is 2.65 bits per heavy atom. The molecular weight excluding hydrogens is 228 g/mol. The summed E-state index contributed by atoms with van der Waals surface area (Å²) < 4.78 is 0. The standard InChI is InChI=1S/C14H18N2S/c1-3-9-15-14(12-7-5-4-6-8-12)13-10-17-11(2)16-13/h4-8,10,14-15H,3,9H2,1-2H3. The monoisotopic (exact) mass is 246 g/mol. The maximum atomic E-state index is 4.60. The zero-order valence-corrected chi connectivity index (χ0v) is 11.1. The van der Waals surface area contributed by atoms with E-state index in [2.05, 4.69) is 53.8 Å². The number of aryl methyl sites for hydroxylation is 1. The summed E-state index contributed by atoms with van der Waals surface area (Å²) in [5.41, 5.74) is 2.42. The van der Waals surface area contributed by atoms with Crippen LogP contribution in [0.2, 0.25) is 0 Å². The third-order valence-electron chi connectivity index (χ3n) is 2.66. The number of thiazole rings is 1. The lowest BCUT2D eigenvalue weighted by Gasteiger charge is -2.16. The van der Waals surface area contributed by atoms with Crippen LogP contribution in [-0.2, 0) is 0 Å². The van der Waals surface area contributed by atoms with Crippen LogP contribution in [0.5, 0.6) is 0 Å². The number of nitrogens with zero attached hydrogens (tertiary/aromatic N) is 1. The van der Waals surface area contributed by atoms with Gasteiger partial charge in [0.25, 0.3) is 0 Å². The minimum atomic E-state index is 0.223. The van der Waals surface area contributed by atoms with Crippen LogP contribution in [0, 0.1) is 6.92 Å².